The molecule has 0 bridgehead atoms. The molecule has 1 saturated heterocycles. The molecular formula is C20H30IN7O. The average molecular weight is 511 g/mol. The van der Waals surface area contributed by atoms with E-state index in [-0.39, 0.29) is 24.0 Å². The molecule has 8 nitrogen and oxygen atoms in total. The molecule has 2 N–H and O–H groups in total. The number of guanidine groups is 1. The third kappa shape index (κ3) is 4.93. The largest absolute Gasteiger partial charge is 0.506 e. The number of fused-ring (bicyclic) bond motifs is 1. The average Bonchev–Trinajstić information content (AvgIpc) is 3.15. The standard InChI is InChI=1S/C20H29N7O.HI/c1-2-21-20(22-15-19-24-23-18-9-5-6-10-27(18)19)26-13-11-25(12-14-26)16-7-3-4-8-17(16)28;/h3-4,7-8,28H,2,5-6,9-15H2,1H3,(H,21,22);1H. The number of aromatic nitrogens is 3. The highest BCUT2D eigenvalue weighted by Gasteiger charge is 2.22. The molecule has 3 heterocycles. The number of phenols is 1. The van der Waals surface area contributed by atoms with Crippen LogP contribution in [0.4, 0.5) is 5.69 Å². The quantitative estimate of drug-likeness (QED) is 0.373. The first-order chi connectivity index (χ1) is 13.8. The normalized spacial score (nSPS) is 16.9. The molecule has 1 aromatic heterocycles. The van der Waals surface area contributed by atoms with E-state index in [9.17, 15) is 5.11 Å². The number of aryl methyl sites for hydroxylation is 1. The van der Waals surface area contributed by atoms with E-state index in [2.05, 4.69) is 36.8 Å². The zero-order valence-corrected chi connectivity index (χ0v) is 19.2. The maximum atomic E-state index is 10.1. The molecule has 0 aliphatic carbocycles. The maximum absolute atomic E-state index is 10.1. The molecule has 0 atom stereocenters. The van der Waals surface area contributed by atoms with Crippen LogP contribution in [0.3, 0.4) is 0 Å². The minimum atomic E-state index is 0. The van der Waals surface area contributed by atoms with Gasteiger partial charge in [-0.1, -0.05) is 12.1 Å². The van der Waals surface area contributed by atoms with Crippen LogP contribution in [-0.2, 0) is 19.5 Å². The predicted octanol–water partition coefficient (Wildman–Crippen LogP) is 2.23. The summed E-state index contributed by atoms with van der Waals surface area (Å²) in [4.78, 5) is 9.35. The van der Waals surface area contributed by atoms with E-state index in [0.29, 0.717) is 12.3 Å². The number of aromatic hydroxyl groups is 1. The van der Waals surface area contributed by atoms with Crippen LogP contribution in [0.15, 0.2) is 29.3 Å². The van der Waals surface area contributed by atoms with Gasteiger partial charge >= 0.3 is 0 Å². The van der Waals surface area contributed by atoms with Gasteiger partial charge < -0.3 is 24.8 Å². The Morgan fingerprint density at radius 1 is 1.10 bits per heavy atom. The zero-order chi connectivity index (χ0) is 19.3. The number of nitrogens with one attached hydrogen (secondary N) is 1. The first-order valence-electron chi connectivity index (χ1n) is 10.2. The fourth-order valence-electron chi connectivity index (χ4n) is 3.95. The predicted molar refractivity (Wildman–Crippen MR) is 125 cm³/mol. The second kappa shape index (κ2) is 10.1. The smallest absolute Gasteiger partial charge is 0.194 e. The summed E-state index contributed by atoms with van der Waals surface area (Å²) in [7, 11) is 0. The molecule has 1 aromatic carbocycles. The van der Waals surface area contributed by atoms with Crippen molar-refractivity contribution in [1.82, 2.24) is 25.0 Å². The number of hydrogen-bond acceptors (Lipinski definition) is 5. The van der Waals surface area contributed by atoms with Gasteiger partial charge in [0.2, 0.25) is 0 Å². The lowest BCUT2D eigenvalue weighted by atomic mass is 10.2. The van der Waals surface area contributed by atoms with Gasteiger partial charge in [0.15, 0.2) is 11.8 Å². The number of hydrogen-bond donors (Lipinski definition) is 2. The van der Waals surface area contributed by atoms with Gasteiger partial charge in [0.05, 0.1) is 5.69 Å². The molecule has 2 aliphatic rings. The minimum absolute atomic E-state index is 0. The highest BCUT2D eigenvalue weighted by molar-refractivity contribution is 14.0. The van der Waals surface area contributed by atoms with Crippen molar-refractivity contribution in [3.63, 3.8) is 0 Å². The molecule has 1 fully saturated rings. The van der Waals surface area contributed by atoms with Crippen LogP contribution >= 0.6 is 24.0 Å². The van der Waals surface area contributed by atoms with Gasteiger partial charge in [0.25, 0.3) is 0 Å². The number of nitrogens with zero attached hydrogens (tertiary/aromatic N) is 6. The summed E-state index contributed by atoms with van der Waals surface area (Å²) in [6, 6.07) is 7.53. The molecule has 158 valence electrons. The van der Waals surface area contributed by atoms with Gasteiger partial charge in [-0.05, 0) is 31.9 Å². The minimum Gasteiger partial charge on any atom is -0.506 e. The van der Waals surface area contributed by atoms with E-state index in [4.69, 9.17) is 4.99 Å². The third-order valence-electron chi connectivity index (χ3n) is 5.44. The van der Waals surface area contributed by atoms with Crippen LogP contribution in [-0.4, -0.2) is 63.5 Å². The highest BCUT2D eigenvalue weighted by atomic mass is 127. The van der Waals surface area contributed by atoms with Crippen LogP contribution in [0.25, 0.3) is 0 Å². The summed E-state index contributed by atoms with van der Waals surface area (Å²) in [6.45, 7) is 7.89. The Bertz CT molecular complexity index is 830. The van der Waals surface area contributed by atoms with Crippen molar-refractivity contribution >= 4 is 35.6 Å². The van der Waals surface area contributed by atoms with E-state index in [1.54, 1.807) is 6.07 Å². The van der Waals surface area contributed by atoms with Crippen LogP contribution in [0.2, 0.25) is 0 Å². The Balaban J connectivity index is 0.00000240. The number of phenolic OH excluding ortho intramolecular Hbond substituents is 1. The summed E-state index contributed by atoms with van der Waals surface area (Å²) in [6.07, 6.45) is 3.41. The second-order valence-corrected chi connectivity index (χ2v) is 7.27. The number of halogens is 1. The second-order valence-electron chi connectivity index (χ2n) is 7.27. The van der Waals surface area contributed by atoms with Gasteiger partial charge in [0.1, 0.15) is 18.1 Å². The lowest BCUT2D eigenvalue weighted by molar-refractivity contribution is 0.369. The molecule has 29 heavy (non-hydrogen) atoms. The van der Waals surface area contributed by atoms with Gasteiger partial charge in [-0.3, -0.25) is 0 Å². The summed E-state index contributed by atoms with van der Waals surface area (Å²) < 4.78 is 2.23. The lowest BCUT2D eigenvalue weighted by Gasteiger charge is -2.37. The molecule has 9 heteroatoms. The van der Waals surface area contributed by atoms with Crippen molar-refractivity contribution in [2.75, 3.05) is 37.6 Å². The Morgan fingerprint density at radius 3 is 2.66 bits per heavy atom. The SMILES string of the molecule is CCNC(=NCc1nnc2n1CCCC2)N1CCN(c2ccccc2O)CC1.I. The summed E-state index contributed by atoms with van der Waals surface area (Å²) in [5.74, 6) is 3.32. The fraction of sp³-hybridized carbons (Fsp3) is 0.550. The fourth-order valence-corrected chi connectivity index (χ4v) is 3.95. The van der Waals surface area contributed by atoms with E-state index in [0.717, 1.165) is 69.0 Å². The first kappa shape index (κ1) is 21.7. The summed E-state index contributed by atoms with van der Waals surface area (Å²) >= 11 is 0. The molecule has 0 spiro atoms. The van der Waals surface area contributed by atoms with E-state index in [1.807, 2.05) is 18.2 Å². The van der Waals surface area contributed by atoms with Crippen molar-refractivity contribution in [3.05, 3.63) is 35.9 Å². The van der Waals surface area contributed by atoms with Gasteiger partial charge in [0, 0.05) is 45.7 Å². The van der Waals surface area contributed by atoms with Gasteiger partial charge in [-0.2, -0.15) is 0 Å². The number of aliphatic imine (C=N–C) groups is 1. The van der Waals surface area contributed by atoms with Crippen molar-refractivity contribution in [2.24, 2.45) is 4.99 Å². The van der Waals surface area contributed by atoms with Crippen molar-refractivity contribution < 1.29 is 5.11 Å². The van der Waals surface area contributed by atoms with Crippen LogP contribution in [0.5, 0.6) is 5.75 Å². The molecule has 0 radical (unpaired) electrons. The Hall–Kier alpha value is -2.04. The molecule has 4 rings (SSSR count). The van der Waals surface area contributed by atoms with Crippen molar-refractivity contribution in [1.29, 1.82) is 0 Å². The molecule has 0 unspecified atom stereocenters. The highest BCUT2D eigenvalue weighted by Crippen LogP contribution is 2.27. The Morgan fingerprint density at radius 2 is 1.90 bits per heavy atom. The number of rotatable bonds is 4. The van der Waals surface area contributed by atoms with Gasteiger partial charge in [-0.25, -0.2) is 4.99 Å². The number of benzene rings is 1. The topological polar surface area (TPSA) is 81.8 Å². The van der Waals surface area contributed by atoms with Crippen LogP contribution in [0.1, 0.15) is 31.4 Å². The molecule has 0 saturated carbocycles. The lowest BCUT2D eigenvalue weighted by Crippen LogP contribution is -2.52. The van der Waals surface area contributed by atoms with Crippen molar-refractivity contribution in [3.8, 4) is 5.75 Å². The number of anilines is 1. The number of para-hydroxylation sites is 2. The number of piperazine rings is 1. The molecular weight excluding hydrogens is 481 g/mol. The zero-order valence-electron chi connectivity index (χ0n) is 16.9. The monoisotopic (exact) mass is 511 g/mol. The summed E-state index contributed by atoms with van der Waals surface area (Å²) in [5, 5.41) is 22.2. The Labute approximate surface area is 189 Å². The van der Waals surface area contributed by atoms with E-state index < -0.39 is 0 Å². The van der Waals surface area contributed by atoms with Crippen molar-refractivity contribution in [2.45, 2.75) is 39.3 Å². The maximum Gasteiger partial charge on any atom is 0.194 e. The first-order valence-corrected chi connectivity index (χ1v) is 10.2. The third-order valence-corrected chi connectivity index (χ3v) is 5.44. The molecule has 2 aliphatic heterocycles. The Kier molecular flexibility index (Phi) is 7.57. The molecule has 2 aromatic rings. The van der Waals surface area contributed by atoms with E-state index in [1.165, 1.54) is 12.8 Å². The van der Waals surface area contributed by atoms with Crippen LogP contribution in [0, 0.1) is 0 Å². The summed E-state index contributed by atoms with van der Waals surface area (Å²) in [5.41, 5.74) is 0.902. The van der Waals surface area contributed by atoms with E-state index >= 15 is 0 Å². The van der Waals surface area contributed by atoms with Crippen LogP contribution < -0.4 is 10.2 Å². The van der Waals surface area contributed by atoms with Gasteiger partial charge in [-0.15, -0.1) is 34.2 Å². The molecule has 0 amide bonds.